The molecule has 1 fully saturated rings. The first kappa shape index (κ1) is 16.8. The monoisotopic (exact) mass is 353 g/mol. The summed E-state index contributed by atoms with van der Waals surface area (Å²) in [6.45, 7) is 1.41. The molecule has 0 unspecified atom stereocenters. The number of rotatable bonds is 5. The molecule has 1 aliphatic heterocycles. The van der Waals surface area contributed by atoms with E-state index in [1.807, 2.05) is 18.2 Å². The van der Waals surface area contributed by atoms with Gasteiger partial charge in [0.2, 0.25) is 11.8 Å². The Morgan fingerprint density at radius 3 is 3.08 bits per heavy atom. The lowest BCUT2D eigenvalue weighted by Gasteiger charge is -2.21. The van der Waals surface area contributed by atoms with E-state index in [0.717, 1.165) is 30.7 Å². The Bertz CT molecular complexity index is 817. The van der Waals surface area contributed by atoms with Crippen molar-refractivity contribution in [3.8, 4) is 0 Å². The van der Waals surface area contributed by atoms with Gasteiger partial charge in [-0.2, -0.15) is 5.10 Å². The van der Waals surface area contributed by atoms with Gasteiger partial charge in [-0.1, -0.05) is 6.07 Å². The molecule has 2 aromatic rings. The van der Waals surface area contributed by atoms with Gasteiger partial charge in [0.15, 0.2) is 0 Å². The van der Waals surface area contributed by atoms with Crippen LogP contribution in [0.25, 0.3) is 0 Å². The van der Waals surface area contributed by atoms with Crippen LogP contribution in [0.3, 0.4) is 0 Å². The number of carbonyl (C=O) groups is 2. The van der Waals surface area contributed by atoms with Crippen LogP contribution >= 0.6 is 0 Å². The minimum Gasteiger partial charge on any atom is -0.339 e. The van der Waals surface area contributed by atoms with E-state index in [4.69, 9.17) is 0 Å². The lowest BCUT2D eigenvalue weighted by atomic mass is 10.1. The van der Waals surface area contributed by atoms with Gasteiger partial charge < -0.3 is 9.80 Å². The topological polar surface area (TPSA) is 82.2 Å². The zero-order chi connectivity index (χ0) is 18.1. The number of likely N-dealkylation sites (tertiary alicyclic amines) is 1. The molecule has 1 atom stereocenters. The summed E-state index contributed by atoms with van der Waals surface area (Å²) in [6.07, 6.45) is 5.21. The summed E-state index contributed by atoms with van der Waals surface area (Å²) in [4.78, 5) is 32.8. The van der Waals surface area contributed by atoms with Crippen molar-refractivity contribution >= 4 is 11.8 Å². The van der Waals surface area contributed by atoms with Crippen LogP contribution < -0.4 is 0 Å². The van der Waals surface area contributed by atoms with Crippen LogP contribution in [0.2, 0.25) is 0 Å². The number of carbonyl (C=O) groups excluding carboxylic acids is 2. The van der Waals surface area contributed by atoms with Crippen molar-refractivity contribution in [2.75, 3.05) is 13.6 Å². The van der Waals surface area contributed by atoms with Crippen LogP contribution in [0, 0.1) is 5.92 Å². The predicted molar refractivity (Wildman–Crippen MR) is 94.8 cm³/mol. The molecule has 26 heavy (non-hydrogen) atoms. The maximum absolute atomic E-state index is 12.8. The summed E-state index contributed by atoms with van der Waals surface area (Å²) in [5.41, 5.74) is 4.28. The molecule has 1 aliphatic carbocycles. The molecule has 136 valence electrons. The molecule has 0 saturated carbocycles. The summed E-state index contributed by atoms with van der Waals surface area (Å²) < 4.78 is 0. The van der Waals surface area contributed by atoms with Crippen molar-refractivity contribution in [3.05, 3.63) is 47.0 Å². The Morgan fingerprint density at radius 1 is 1.38 bits per heavy atom. The maximum Gasteiger partial charge on any atom is 0.228 e. The maximum atomic E-state index is 12.8. The number of pyridine rings is 1. The zero-order valence-corrected chi connectivity index (χ0v) is 14.9. The fourth-order valence-corrected chi connectivity index (χ4v) is 3.91. The SMILES string of the molecule is CN(Cc1n[nH]c2c1CCC2)C(=O)[C@H]1CC(=O)N(Cc2ccccn2)C1. The van der Waals surface area contributed by atoms with Crippen LogP contribution in [0.1, 0.15) is 35.5 Å². The van der Waals surface area contributed by atoms with Crippen LogP contribution in [0.4, 0.5) is 0 Å². The van der Waals surface area contributed by atoms with Crippen molar-refractivity contribution < 1.29 is 9.59 Å². The Labute approximate surface area is 152 Å². The molecule has 2 amide bonds. The van der Waals surface area contributed by atoms with Gasteiger partial charge in [0.1, 0.15) is 0 Å². The molecular formula is C19H23N5O2. The zero-order valence-electron chi connectivity index (χ0n) is 14.9. The highest BCUT2D eigenvalue weighted by molar-refractivity contribution is 5.89. The van der Waals surface area contributed by atoms with E-state index >= 15 is 0 Å². The molecule has 0 aromatic carbocycles. The largest absolute Gasteiger partial charge is 0.339 e. The second-order valence-electron chi connectivity index (χ2n) is 7.17. The minimum atomic E-state index is -0.289. The quantitative estimate of drug-likeness (QED) is 0.878. The summed E-state index contributed by atoms with van der Waals surface area (Å²) in [7, 11) is 1.80. The number of aryl methyl sites for hydroxylation is 1. The standard InChI is InChI=1S/C19H23N5O2/c1-23(12-17-15-6-4-7-16(15)21-22-17)19(26)13-9-18(25)24(10-13)11-14-5-2-3-8-20-14/h2-3,5,8,13H,4,6-7,9-12H2,1H3,(H,21,22)/t13-/m0/s1. The molecule has 2 aliphatic rings. The van der Waals surface area contributed by atoms with Gasteiger partial charge in [-0.3, -0.25) is 19.7 Å². The summed E-state index contributed by atoms with van der Waals surface area (Å²) >= 11 is 0. The first-order chi connectivity index (χ1) is 12.6. The second kappa shape index (κ2) is 6.90. The first-order valence-corrected chi connectivity index (χ1v) is 9.09. The van der Waals surface area contributed by atoms with Gasteiger partial charge in [-0.05, 0) is 37.0 Å². The van der Waals surface area contributed by atoms with Crippen molar-refractivity contribution in [1.82, 2.24) is 25.0 Å². The fraction of sp³-hybridized carbons (Fsp3) is 0.474. The molecule has 7 nitrogen and oxygen atoms in total. The number of aromatic amines is 1. The number of fused-ring (bicyclic) bond motifs is 1. The van der Waals surface area contributed by atoms with Crippen molar-refractivity contribution in [3.63, 3.8) is 0 Å². The first-order valence-electron chi connectivity index (χ1n) is 9.09. The normalized spacial score (nSPS) is 19.0. The van der Waals surface area contributed by atoms with E-state index in [-0.39, 0.29) is 24.2 Å². The lowest BCUT2D eigenvalue weighted by molar-refractivity contribution is -0.135. The highest BCUT2D eigenvalue weighted by Gasteiger charge is 2.36. The molecular weight excluding hydrogens is 330 g/mol. The van der Waals surface area contributed by atoms with E-state index in [2.05, 4.69) is 15.2 Å². The minimum absolute atomic E-state index is 0.0108. The average molecular weight is 353 g/mol. The Kier molecular flexibility index (Phi) is 4.44. The third kappa shape index (κ3) is 3.21. The number of hydrogen-bond donors (Lipinski definition) is 1. The van der Waals surface area contributed by atoms with Crippen molar-refractivity contribution in [2.24, 2.45) is 5.92 Å². The molecule has 0 bridgehead atoms. The molecule has 2 aromatic heterocycles. The lowest BCUT2D eigenvalue weighted by Crippen LogP contribution is -2.34. The third-order valence-corrected chi connectivity index (χ3v) is 5.30. The number of aromatic nitrogens is 3. The molecule has 0 spiro atoms. The van der Waals surface area contributed by atoms with E-state index < -0.39 is 0 Å². The number of H-pyrrole nitrogens is 1. The van der Waals surface area contributed by atoms with E-state index in [1.165, 1.54) is 11.3 Å². The van der Waals surface area contributed by atoms with Gasteiger partial charge in [0.25, 0.3) is 0 Å². The number of nitrogens with one attached hydrogen (secondary N) is 1. The van der Waals surface area contributed by atoms with Crippen LogP contribution in [0.15, 0.2) is 24.4 Å². The van der Waals surface area contributed by atoms with Gasteiger partial charge in [0, 0.05) is 31.9 Å². The molecule has 1 saturated heterocycles. The molecule has 4 rings (SSSR count). The third-order valence-electron chi connectivity index (χ3n) is 5.30. The Hall–Kier alpha value is -2.70. The Morgan fingerprint density at radius 2 is 2.27 bits per heavy atom. The highest BCUT2D eigenvalue weighted by Crippen LogP contribution is 2.25. The summed E-state index contributed by atoms with van der Waals surface area (Å²) in [5, 5.41) is 7.45. The van der Waals surface area contributed by atoms with E-state index in [1.54, 1.807) is 23.0 Å². The number of amides is 2. The van der Waals surface area contributed by atoms with Crippen LogP contribution in [0.5, 0.6) is 0 Å². The number of hydrogen-bond acceptors (Lipinski definition) is 4. The molecule has 0 radical (unpaired) electrons. The van der Waals surface area contributed by atoms with Gasteiger partial charge in [0.05, 0.1) is 30.4 Å². The van der Waals surface area contributed by atoms with Crippen LogP contribution in [-0.2, 0) is 35.5 Å². The molecule has 3 heterocycles. The summed E-state index contributed by atoms with van der Waals surface area (Å²) in [6, 6.07) is 5.65. The van der Waals surface area contributed by atoms with E-state index in [0.29, 0.717) is 19.6 Å². The molecule has 1 N–H and O–H groups in total. The Balaban J connectivity index is 1.38. The van der Waals surface area contributed by atoms with Gasteiger partial charge in [-0.15, -0.1) is 0 Å². The fourth-order valence-electron chi connectivity index (χ4n) is 3.91. The van der Waals surface area contributed by atoms with Gasteiger partial charge >= 0.3 is 0 Å². The van der Waals surface area contributed by atoms with Crippen LogP contribution in [-0.4, -0.2) is 50.4 Å². The van der Waals surface area contributed by atoms with Gasteiger partial charge in [-0.25, -0.2) is 0 Å². The average Bonchev–Trinajstić information content (AvgIpc) is 3.34. The highest BCUT2D eigenvalue weighted by atomic mass is 16.2. The van der Waals surface area contributed by atoms with E-state index in [9.17, 15) is 9.59 Å². The predicted octanol–water partition coefficient (Wildman–Crippen LogP) is 1.30. The van der Waals surface area contributed by atoms with Crippen molar-refractivity contribution in [2.45, 2.75) is 38.8 Å². The second-order valence-corrected chi connectivity index (χ2v) is 7.17. The molecule has 7 heteroatoms. The van der Waals surface area contributed by atoms with Crippen molar-refractivity contribution in [1.29, 1.82) is 0 Å². The summed E-state index contributed by atoms with van der Waals surface area (Å²) in [5.74, 6) is -0.261. The number of nitrogens with zero attached hydrogens (tertiary/aromatic N) is 4. The smallest absolute Gasteiger partial charge is 0.228 e.